The Morgan fingerprint density at radius 2 is 1.90 bits per heavy atom. The summed E-state index contributed by atoms with van der Waals surface area (Å²) >= 11 is 6.33. The molecule has 2 heterocycles. The lowest BCUT2D eigenvalue weighted by Crippen LogP contribution is -2.57. The number of carbonyl (C=O) groups is 1. The molecule has 2 aliphatic heterocycles. The fourth-order valence-corrected chi connectivity index (χ4v) is 6.29. The van der Waals surface area contributed by atoms with Gasteiger partial charge in [-0.3, -0.25) is 4.90 Å². The average Bonchev–Trinajstić information content (AvgIpc) is 2.78. The van der Waals surface area contributed by atoms with Crippen LogP contribution in [0.2, 0.25) is 0 Å². The quantitative estimate of drug-likeness (QED) is 0.660. The van der Waals surface area contributed by atoms with Gasteiger partial charge in [0.2, 0.25) is 10.0 Å². The van der Waals surface area contributed by atoms with Crippen LogP contribution in [-0.2, 0) is 14.8 Å². The second-order valence-corrected chi connectivity index (χ2v) is 10.0. The molecular weight excluding hydrogens is 444 g/mol. The Labute approximate surface area is 187 Å². The molecule has 168 valence electrons. The van der Waals surface area contributed by atoms with E-state index in [4.69, 9.17) is 25.8 Å². The van der Waals surface area contributed by atoms with Crippen LogP contribution < -0.4 is 9.47 Å². The molecule has 2 fully saturated rings. The molecule has 1 amide bonds. The number of fused-ring (bicyclic) bond motifs is 1. The number of piperidine rings is 1. The molecule has 1 aromatic carbocycles. The lowest BCUT2D eigenvalue weighted by atomic mass is 9.90. The van der Waals surface area contributed by atoms with Gasteiger partial charge in [0.05, 0.1) is 26.2 Å². The molecule has 1 aliphatic carbocycles. The first kappa shape index (κ1) is 22.0. The standard InChI is InChI=1S/C21H25ClN2O6S/c1-28-15-6-7-19(29-2)20(12-15)31(26,27)23-10-8-14(9-11-23)24-18-5-3-4-17(22)16(18)13-30-21(24)25/h3-7,12,14,16,18H,8-11,13H2,1-2H3. The Bertz CT molecular complexity index is 1020. The predicted octanol–water partition coefficient (Wildman–Crippen LogP) is 2.99. The molecule has 8 nitrogen and oxygen atoms in total. The molecule has 0 aromatic heterocycles. The number of rotatable bonds is 5. The molecular formula is C21H25ClN2O6S. The van der Waals surface area contributed by atoms with Crippen molar-refractivity contribution in [1.82, 2.24) is 9.21 Å². The number of sulfonamides is 1. The van der Waals surface area contributed by atoms with Crippen LogP contribution in [0.3, 0.4) is 0 Å². The van der Waals surface area contributed by atoms with E-state index in [9.17, 15) is 13.2 Å². The molecule has 2 unspecified atom stereocenters. The van der Waals surface area contributed by atoms with E-state index >= 15 is 0 Å². The molecule has 0 saturated carbocycles. The van der Waals surface area contributed by atoms with Gasteiger partial charge in [-0.2, -0.15) is 4.31 Å². The number of allylic oxidation sites excluding steroid dienone is 2. The van der Waals surface area contributed by atoms with E-state index in [1.165, 1.54) is 24.6 Å². The molecule has 10 heteroatoms. The van der Waals surface area contributed by atoms with Gasteiger partial charge in [0.25, 0.3) is 0 Å². The van der Waals surface area contributed by atoms with Crippen LogP contribution in [0.25, 0.3) is 0 Å². The topological polar surface area (TPSA) is 85.4 Å². The third-order valence-corrected chi connectivity index (χ3v) is 8.38. The van der Waals surface area contributed by atoms with Crippen LogP contribution >= 0.6 is 11.6 Å². The molecule has 4 rings (SSSR count). The first-order chi connectivity index (χ1) is 14.9. The van der Waals surface area contributed by atoms with Gasteiger partial charge in [0.15, 0.2) is 0 Å². The van der Waals surface area contributed by atoms with Gasteiger partial charge in [-0.1, -0.05) is 23.8 Å². The number of ether oxygens (including phenoxy) is 3. The number of cyclic esters (lactones) is 1. The molecule has 0 N–H and O–H groups in total. The molecule has 2 atom stereocenters. The fourth-order valence-electron chi connectivity index (χ4n) is 4.38. The zero-order chi connectivity index (χ0) is 22.2. The average molecular weight is 469 g/mol. The highest BCUT2D eigenvalue weighted by atomic mass is 35.5. The molecule has 0 radical (unpaired) electrons. The van der Waals surface area contributed by atoms with E-state index in [0.29, 0.717) is 23.6 Å². The Kier molecular flexibility index (Phi) is 6.18. The van der Waals surface area contributed by atoms with Gasteiger partial charge in [-0.15, -0.1) is 0 Å². The van der Waals surface area contributed by atoms with Gasteiger partial charge in [-0.25, -0.2) is 13.2 Å². The Hall–Kier alpha value is -2.23. The predicted molar refractivity (Wildman–Crippen MR) is 115 cm³/mol. The third kappa shape index (κ3) is 4.02. The van der Waals surface area contributed by atoms with Crippen molar-refractivity contribution in [3.8, 4) is 11.5 Å². The summed E-state index contributed by atoms with van der Waals surface area (Å²) in [5.41, 5.74) is 0. The second-order valence-electron chi connectivity index (χ2n) is 7.67. The van der Waals surface area contributed by atoms with Gasteiger partial charge < -0.3 is 14.2 Å². The smallest absolute Gasteiger partial charge is 0.410 e. The molecule has 31 heavy (non-hydrogen) atoms. The summed E-state index contributed by atoms with van der Waals surface area (Å²) in [5.74, 6) is 0.608. The summed E-state index contributed by atoms with van der Waals surface area (Å²) < 4.78 is 43.9. The van der Waals surface area contributed by atoms with Gasteiger partial charge in [0.1, 0.15) is 23.0 Å². The van der Waals surface area contributed by atoms with Crippen LogP contribution in [-0.4, -0.2) is 69.7 Å². The molecule has 2 saturated heterocycles. The monoisotopic (exact) mass is 468 g/mol. The van der Waals surface area contributed by atoms with Crippen molar-refractivity contribution in [3.05, 3.63) is 41.5 Å². The molecule has 0 spiro atoms. The summed E-state index contributed by atoms with van der Waals surface area (Å²) in [5, 5.41) is 0.662. The van der Waals surface area contributed by atoms with Crippen molar-refractivity contribution in [3.63, 3.8) is 0 Å². The van der Waals surface area contributed by atoms with Crippen LogP contribution in [0.15, 0.2) is 46.4 Å². The van der Waals surface area contributed by atoms with Crippen molar-refractivity contribution in [2.45, 2.75) is 29.8 Å². The van der Waals surface area contributed by atoms with Crippen molar-refractivity contribution in [2.75, 3.05) is 33.9 Å². The maximum atomic E-state index is 13.3. The highest BCUT2D eigenvalue weighted by Crippen LogP contribution is 2.36. The van der Waals surface area contributed by atoms with Crippen molar-refractivity contribution in [1.29, 1.82) is 0 Å². The van der Waals surface area contributed by atoms with Gasteiger partial charge >= 0.3 is 6.09 Å². The Balaban J connectivity index is 1.51. The minimum absolute atomic E-state index is 0.0670. The lowest BCUT2D eigenvalue weighted by molar-refractivity contribution is 0.00513. The highest BCUT2D eigenvalue weighted by molar-refractivity contribution is 7.89. The largest absolute Gasteiger partial charge is 0.497 e. The first-order valence-electron chi connectivity index (χ1n) is 10.1. The van der Waals surface area contributed by atoms with Crippen LogP contribution in [0.1, 0.15) is 12.8 Å². The number of halogens is 1. The van der Waals surface area contributed by atoms with E-state index in [-0.39, 0.29) is 54.4 Å². The zero-order valence-electron chi connectivity index (χ0n) is 17.4. The SMILES string of the molecule is COc1ccc(OC)c(S(=O)(=O)N2CCC(N3C(=O)OCC4C(Cl)=CC=CC43)CC2)c1. The van der Waals surface area contributed by atoms with Crippen molar-refractivity contribution < 1.29 is 27.4 Å². The van der Waals surface area contributed by atoms with E-state index in [2.05, 4.69) is 0 Å². The number of benzene rings is 1. The molecule has 0 bridgehead atoms. The van der Waals surface area contributed by atoms with Crippen molar-refractivity contribution in [2.24, 2.45) is 5.92 Å². The number of hydrogen-bond donors (Lipinski definition) is 0. The third-order valence-electron chi connectivity index (χ3n) is 6.05. The minimum atomic E-state index is -3.79. The van der Waals surface area contributed by atoms with Gasteiger partial charge in [0, 0.05) is 30.2 Å². The number of amides is 1. The van der Waals surface area contributed by atoms with E-state index in [0.717, 1.165) is 0 Å². The van der Waals surface area contributed by atoms with Crippen molar-refractivity contribution >= 4 is 27.7 Å². The van der Waals surface area contributed by atoms with E-state index in [1.54, 1.807) is 17.0 Å². The van der Waals surface area contributed by atoms with Crippen LogP contribution in [0.4, 0.5) is 4.79 Å². The fraction of sp³-hybridized carbons (Fsp3) is 0.476. The minimum Gasteiger partial charge on any atom is -0.497 e. The Morgan fingerprint density at radius 1 is 1.16 bits per heavy atom. The number of nitrogens with zero attached hydrogens (tertiary/aromatic N) is 2. The normalized spacial score (nSPS) is 24.9. The van der Waals surface area contributed by atoms with Gasteiger partial charge in [-0.05, 0) is 31.1 Å². The van der Waals surface area contributed by atoms with E-state index in [1.807, 2.05) is 18.2 Å². The molecule has 3 aliphatic rings. The molecule has 1 aromatic rings. The summed E-state index contributed by atoms with van der Waals surface area (Å²) in [6.07, 6.45) is 6.24. The highest BCUT2D eigenvalue weighted by Gasteiger charge is 2.43. The van der Waals surface area contributed by atoms with E-state index < -0.39 is 10.0 Å². The van der Waals surface area contributed by atoms with Crippen LogP contribution in [0, 0.1) is 5.92 Å². The first-order valence-corrected chi connectivity index (χ1v) is 11.9. The zero-order valence-corrected chi connectivity index (χ0v) is 18.9. The second kappa shape index (κ2) is 8.72. The number of carbonyl (C=O) groups excluding carboxylic acids is 1. The summed E-state index contributed by atoms with van der Waals surface area (Å²) in [6, 6.07) is 4.39. The Morgan fingerprint density at radius 3 is 2.58 bits per heavy atom. The van der Waals surface area contributed by atoms with Crippen LogP contribution in [0.5, 0.6) is 11.5 Å². The lowest BCUT2D eigenvalue weighted by Gasteiger charge is -2.46. The summed E-state index contributed by atoms with van der Waals surface area (Å²) in [4.78, 5) is 14.3. The number of hydrogen-bond acceptors (Lipinski definition) is 6. The maximum Gasteiger partial charge on any atom is 0.410 e. The summed E-state index contributed by atoms with van der Waals surface area (Å²) in [6.45, 7) is 0.812. The maximum absolute atomic E-state index is 13.3. The number of methoxy groups -OCH3 is 2. The summed E-state index contributed by atoms with van der Waals surface area (Å²) in [7, 11) is -0.873.